The van der Waals surface area contributed by atoms with Gasteiger partial charge in [0.05, 0.1) is 31.4 Å². The molecule has 0 aliphatic carbocycles. The molecule has 0 unspecified atom stereocenters. The number of morpholine rings is 1. The molecule has 2 saturated heterocycles. The fourth-order valence-corrected chi connectivity index (χ4v) is 3.24. The van der Waals surface area contributed by atoms with Gasteiger partial charge >= 0.3 is 6.03 Å². The SMILES string of the molecule is Cc1noc(C(C)C)c1NC(=O)N1CC(C)(C)O[C@@H]2COC[C@H]21. The van der Waals surface area contributed by atoms with Gasteiger partial charge in [0.2, 0.25) is 0 Å². The molecule has 7 nitrogen and oxygen atoms in total. The van der Waals surface area contributed by atoms with Crippen LogP contribution in [0.15, 0.2) is 4.52 Å². The average molecular weight is 323 g/mol. The number of nitrogens with one attached hydrogen (secondary N) is 1. The molecule has 23 heavy (non-hydrogen) atoms. The highest BCUT2D eigenvalue weighted by Crippen LogP contribution is 2.32. The minimum absolute atomic E-state index is 0.0503. The van der Waals surface area contributed by atoms with Gasteiger partial charge in [-0.2, -0.15) is 0 Å². The standard InChI is InChI=1S/C16H25N3O4/c1-9(2)14-13(10(3)18-23-14)17-15(20)19-8-16(4,5)22-12-7-21-6-11(12)19/h9,11-12H,6-8H2,1-5H3,(H,17,20)/t11-,12-/m1/s1. The zero-order valence-corrected chi connectivity index (χ0v) is 14.4. The Balaban J connectivity index is 1.81. The maximum Gasteiger partial charge on any atom is 0.322 e. The monoisotopic (exact) mass is 323 g/mol. The third-order valence-corrected chi connectivity index (χ3v) is 4.33. The minimum atomic E-state index is -0.392. The molecule has 0 saturated carbocycles. The van der Waals surface area contributed by atoms with E-state index in [1.807, 2.05) is 39.5 Å². The first-order chi connectivity index (χ1) is 10.8. The first-order valence-corrected chi connectivity index (χ1v) is 8.08. The Hall–Kier alpha value is -1.60. The second-order valence-corrected chi connectivity index (χ2v) is 7.24. The maximum absolute atomic E-state index is 12.9. The van der Waals surface area contributed by atoms with Crippen LogP contribution in [0.5, 0.6) is 0 Å². The lowest BCUT2D eigenvalue weighted by atomic mass is 10.0. The second kappa shape index (κ2) is 5.79. The highest BCUT2D eigenvalue weighted by molar-refractivity contribution is 5.91. The maximum atomic E-state index is 12.9. The average Bonchev–Trinajstić information content (AvgIpc) is 3.04. The molecule has 2 aliphatic heterocycles. The Morgan fingerprint density at radius 2 is 2.13 bits per heavy atom. The summed E-state index contributed by atoms with van der Waals surface area (Å²) in [5, 5.41) is 6.95. The van der Waals surface area contributed by atoms with Crippen molar-refractivity contribution >= 4 is 11.7 Å². The molecule has 0 radical (unpaired) electrons. The molecular weight excluding hydrogens is 298 g/mol. The Bertz CT molecular complexity index is 596. The van der Waals surface area contributed by atoms with Gasteiger partial charge in [-0.3, -0.25) is 0 Å². The van der Waals surface area contributed by atoms with Crippen LogP contribution in [0.2, 0.25) is 0 Å². The molecule has 0 bridgehead atoms. The van der Waals surface area contributed by atoms with Gasteiger partial charge in [-0.05, 0) is 20.8 Å². The van der Waals surface area contributed by atoms with Gasteiger partial charge in [-0.15, -0.1) is 0 Å². The van der Waals surface area contributed by atoms with Crippen LogP contribution in [0.3, 0.4) is 0 Å². The molecule has 3 heterocycles. The number of hydrogen-bond acceptors (Lipinski definition) is 5. The Labute approximate surface area is 136 Å². The van der Waals surface area contributed by atoms with Crippen molar-refractivity contribution < 1.29 is 18.8 Å². The Morgan fingerprint density at radius 1 is 1.39 bits per heavy atom. The molecule has 2 amide bonds. The van der Waals surface area contributed by atoms with Gasteiger partial charge < -0.3 is 24.2 Å². The van der Waals surface area contributed by atoms with Gasteiger partial charge in [0.15, 0.2) is 5.76 Å². The summed E-state index contributed by atoms with van der Waals surface area (Å²) in [5.74, 6) is 0.845. The summed E-state index contributed by atoms with van der Waals surface area (Å²) in [6.45, 7) is 11.4. The number of amides is 2. The summed E-state index contributed by atoms with van der Waals surface area (Å²) in [5.41, 5.74) is 0.968. The van der Waals surface area contributed by atoms with Crippen LogP contribution < -0.4 is 5.32 Å². The number of anilines is 1. The van der Waals surface area contributed by atoms with Crippen molar-refractivity contribution in [3.63, 3.8) is 0 Å². The largest absolute Gasteiger partial charge is 0.376 e. The number of ether oxygens (including phenoxy) is 2. The summed E-state index contributed by atoms with van der Waals surface area (Å²) in [4.78, 5) is 14.7. The van der Waals surface area contributed by atoms with E-state index in [9.17, 15) is 4.79 Å². The summed E-state index contributed by atoms with van der Waals surface area (Å²) in [7, 11) is 0. The van der Waals surface area contributed by atoms with E-state index in [0.717, 1.165) is 0 Å². The molecular formula is C16H25N3O4. The molecule has 2 fully saturated rings. The number of fused-ring (bicyclic) bond motifs is 1. The fraction of sp³-hybridized carbons (Fsp3) is 0.750. The van der Waals surface area contributed by atoms with Crippen molar-refractivity contribution in [3.8, 4) is 0 Å². The molecule has 128 valence electrons. The van der Waals surface area contributed by atoms with Crippen molar-refractivity contribution in [1.29, 1.82) is 0 Å². The van der Waals surface area contributed by atoms with E-state index in [-0.39, 0.29) is 24.1 Å². The van der Waals surface area contributed by atoms with E-state index in [4.69, 9.17) is 14.0 Å². The number of carbonyl (C=O) groups excluding carboxylic acids is 1. The first-order valence-electron chi connectivity index (χ1n) is 8.08. The summed E-state index contributed by atoms with van der Waals surface area (Å²) in [6, 6.07) is -0.208. The van der Waals surface area contributed by atoms with Crippen molar-refractivity contribution in [2.75, 3.05) is 25.1 Å². The fourth-order valence-electron chi connectivity index (χ4n) is 3.24. The lowest BCUT2D eigenvalue weighted by Crippen LogP contribution is -2.61. The Morgan fingerprint density at radius 3 is 2.83 bits per heavy atom. The molecule has 3 rings (SSSR count). The van der Waals surface area contributed by atoms with E-state index in [2.05, 4.69) is 10.5 Å². The molecule has 7 heteroatoms. The molecule has 0 spiro atoms. The number of nitrogens with zero attached hydrogens (tertiary/aromatic N) is 2. The zero-order valence-electron chi connectivity index (χ0n) is 14.4. The Kier molecular flexibility index (Phi) is 4.10. The highest BCUT2D eigenvalue weighted by atomic mass is 16.6. The molecule has 0 aromatic carbocycles. The first kappa shape index (κ1) is 16.3. The number of carbonyl (C=O) groups is 1. The number of urea groups is 1. The quantitative estimate of drug-likeness (QED) is 0.905. The van der Waals surface area contributed by atoms with Crippen molar-refractivity contribution in [2.24, 2.45) is 0 Å². The number of aryl methyl sites for hydroxylation is 1. The second-order valence-electron chi connectivity index (χ2n) is 7.24. The van der Waals surface area contributed by atoms with Crippen LogP contribution in [-0.2, 0) is 9.47 Å². The summed E-state index contributed by atoms with van der Waals surface area (Å²) in [6.07, 6.45) is -0.0716. The predicted molar refractivity (Wildman–Crippen MR) is 84.6 cm³/mol. The smallest absolute Gasteiger partial charge is 0.322 e. The third kappa shape index (κ3) is 3.07. The molecule has 2 aliphatic rings. The van der Waals surface area contributed by atoms with Crippen molar-refractivity contribution in [2.45, 2.75) is 58.3 Å². The predicted octanol–water partition coefficient (Wildman–Crippen LogP) is 2.52. The van der Waals surface area contributed by atoms with Crippen LogP contribution in [0.25, 0.3) is 0 Å². The lowest BCUT2D eigenvalue weighted by molar-refractivity contribution is -0.135. The molecule has 1 N–H and O–H groups in total. The minimum Gasteiger partial charge on any atom is -0.376 e. The molecule has 1 aromatic rings. The zero-order chi connectivity index (χ0) is 16.8. The normalized spacial score (nSPS) is 26.4. The van der Waals surface area contributed by atoms with Gasteiger partial charge in [-0.1, -0.05) is 19.0 Å². The summed E-state index contributed by atoms with van der Waals surface area (Å²) >= 11 is 0. The third-order valence-electron chi connectivity index (χ3n) is 4.33. The van der Waals surface area contributed by atoms with Gasteiger partial charge in [-0.25, -0.2) is 4.79 Å². The van der Waals surface area contributed by atoms with E-state index in [0.29, 0.717) is 36.9 Å². The van der Waals surface area contributed by atoms with E-state index < -0.39 is 5.60 Å². The highest BCUT2D eigenvalue weighted by Gasteiger charge is 2.46. The van der Waals surface area contributed by atoms with E-state index in [1.54, 1.807) is 0 Å². The molecule has 2 atom stereocenters. The lowest BCUT2D eigenvalue weighted by Gasteiger charge is -2.44. The van der Waals surface area contributed by atoms with Gasteiger partial charge in [0.25, 0.3) is 0 Å². The van der Waals surface area contributed by atoms with E-state index >= 15 is 0 Å². The van der Waals surface area contributed by atoms with Gasteiger partial charge in [0.1, 0.15) is 17.5 Å². The van der Waals surface area contributed by atoms with Crippen LogP contribution in [-0.4, -0.2) is 53.6 Å². The number of rotatable bonds is 2. The van der Waals surface area contributed by atoms with Crippen molar-refractivity contribution in [1.82, 2.24) is 10.1 Å². The van der Waals surface area contributed by atoms with E-state index in [1.165, 1.54) is 0 Å². The van der Waals surface area contributed by atoms with Crippen LogP contribution in [0.4, 0.5) is 10.5 Å². The van der Waals surface area contributed by atoms with Crippen LogP contribution >= 0.6 is 0 Å². The van der Waals surface area contributed by atoms with Gasteiger partial charge in [0, 0.05) is 5.92 Å². The van der Waals surface area contributed by atoms with Crippen molar-refractivity contribution in [3.05, 3.63) is 11.5 Å². The number of hydrogen-bond donors (Lipinski definition) is 1. The van der Waals surface area contributed by atoms with Crippen LogP contribution in [0.1, 0.15) is 45.1 Å². The summed E-state index contributed by atoms with van der Waals surface area (Å²) < 4.78 is 16.9. The molecule has 1 aromatic heterocycles. The topological polar surface area (TPSA) is 76.8 Å². The van der Waals surface area contributed by atoms with Crippen LogP contribution in [0, 0.1) is 6.92 Å². The number of aromatic nitrogens is 1.